The molecule has 10 nitrogen and oxygen atoms in total. The highest BCUT2D eigenvalue weighted by molar-refractivity contribution is 5.83. The predicted octanol–water partition coefficient (Wildman–Crippen LogP) is 1.10. The number of aryl methyl sites for hydroxylation is 1. The van der Waals surface area contributed by atoms with Gasteiger partial charge in [0.1, 0.15) is 12.4 Å². The van der Waals surface area contributed by atoms with E-state index in [1.54, 1.807) is 11.6 Å². The predicted molar refractivity (Wildman–Crippen MR) is 93.0 cm³/mol. The molecule has 0 atom stereocenters. The fraction of sp³-hybridized carbons (Fsp3) is 0.625. The molecule has 1 saturated heterocycles. The van der Waals surface area contributed by atoms with Gasteiger partial charge in [-0.3, -0.25) is 0 Å². The van der Waals surface area contributed by atoms with Crippen LogP contribution in [0, 0.1) is 6.92 Å². The SMILES string of the molecule is Cc1nnc(Cn2nnc3c(N4CCOCC4)nc(C(C)(C)C)nc32)o1. The number of nitrogens with zero attached hydrogens (tertiary/aromatic N) is 8. The molecule has 0 saturated carbocycles. The summed E-state index contributed by atoms with van der Waals surface area (Å²) in [5.74, 6) is 2.54. The summed E-state index contributed by atoms with van der Waals surface area (Å²) in [6.07, 6.45) is 0. The zero-order valence-electron chi connectivity index (χ0n) is 15.4. The highest BCUT2D eigenvalue weighted by Crippen LogP contribution is 2.27. The maximum atomic E-state index is 5.47. The fourth-order valence-corrected chi connectivity index (χ4v) is 2.81. The van der Waals surface area contributed by atoms with Crippen molar-refractivity contribution < 1.29 is 9.15 Å². The van der Waals surface area contributed by atoms with Crippen molar-refractivity contribution in [3.63, 3.8) is 0 Å². The first-order valence-corrected chi connectivity index (χ1v) is 8.65. The van der Waals surface area contributed by atoms with Gasteiger partial charge in [-0.15, -0.1) is 15.3 Å². The van der Waals surface area contributed by atoms with Crippen LogP contribution in [0.4, 0.5) is 5.82 Å². The molecular weight excluding hydrogens is 336 g/mol. The number of ether oxygens (including phenoxy) is 1. The van der Waals surface area contributed by atoms with Crippen LogP contribution < -0.4 is 4.90 Å². The molecule has 1 aliphatic rings. The smallest absolute Gasteiger partial charge is 0.238 e. The Bertz CT molecular complexity index is 920. The molecule has 1 aliphatic heterocycles. The van der Waals surface area contributed by atoms with E-state index in [2.05, 4.69) is 46.2 Å². The second-order valence-corrected chi connectivity index (χ2v) is 7.35. The van der Waals surface area contributed by atoms with Crippen LogP contribution in [0.1, 0.15) is 38.4 Å². The van der Waals surface area contributed by atoms with Crippen LogP contribution in [0.25, 0.3) is 11.2 Å². The molecule has 0 aliphatic carbocycles. The number of hydrogen-bond donors (Lipinski definition) is 0. The number of fused-ring (bicyclic) bond motifs is 1. The molecule has 0 amide bonds. The van der Waals surface area contributed by atoms with Crippen molar-refractivity contribution in [1.82, 2.24) is 35.2 Å². The minimum Gasteiger partial charge on any atom is -0.424 e. The normalized spacial score (nSPS) is 15.8. The summed E-state index contributed by atoms with van der Waals surface area (Å²) in [6, 6.07) is 0. The minimum atomic E-state index is -0.203. The van der Waals surface area contributed by atoms with E-state index in [-0.39, 0.29) is 5.41 Å². The molecule has 0 N–H and O–H groups in total. The van der Waals surface area contributed by atoms with Gasteiger partial charge in [0, 0.05) is 25.4 Å². The Balaban J connectivity index is 1.82. The van der Waals surface area contributed by atoms with Crippen molar-refractivity contribution >= 4 is 17.0 Å². The number of anilines is 1. The third-order valence-electron chi connectivity index (χ3n) is 4.18. The second-order valence-electron chi connectivity index (χ2n) is 7.35. The summed E-state index contributed by atoms with van der Waals surface area (Å²) in [6.45, 7) is 11.2. The number of rotatable bonds is 3. The Morgan fingerprint density at radius 3 is 2.46 bits per heavy atom. The van der Waals surface area contributed by atoms with Gasteiger partial charge in [-0.2, -0.15) is 0 Å². The van der Waals surface area contributed by atoms with Gasteiger partial charge in [0.25, 0.3) is 0 Å². The van der Waals surface area contributed by atoms with E-state index in [1.807, 2.05) is 0 Å². The maximum absolute atomic E-state index is 5.47. The molecule has 3 aromatic heterocycles. The van der Waals surface area contributed by atoms with E-state index in [9.17, 15) is 0 Å². The molecule has 0 spiro atoms. The number of aromatic nitrogens is 7. The monoisotopic (exact) mass is 358 g/mol. The van der Waals surface area contributed by atoms with Crippen molar-refractivity contribution in [1.29, 1.82) is 0 Å². The largest absolute Gasteiger partial charge is 0.424 e. The van der Waals surface area contributed by atoms with Crippen LogP contribution in [0.3, 0.4) is 0 Å². The van der Waals surface area contributed by atoms with Gasteiger partial charge in [0.15, 0.2) is 17.0 Å². The first-order chi connectivity index (χ1) is 12.4. The molecule has 0 bridgehead atoms. The lowest BCUT2D eigenvalue weighted by Crippen LogP contribution is -2.37. The molecule has 0 unspecified atom stereocenters. The Morgan fingerprint density at radius 2 is 1.81 bits per heavy atom. The lowest BCUT2D eigenvalue weighted by molar-refractivity contribution is 0.122. The first-order valence-electron chi connectivity index (χ1n) is 8.65. The molecule has 10 heteroatoms. The summed E-state index contributed by atoms with van der Waals surface area (Å²) < 4.78 is 12.6. The van der Waals surface area contributed by atoms with Crippen molar-refractivity contribution in [2.45, 2.75) is 39.7 Å². The number of morpholine rings is 1. The van der Waals surface area contributed by atoms with E-state index < -0.39 is 0 Å². The highest BCUT2D eigenvalue weighted by Gasteiger charge is 2.26. The quantitative estimate of drug-likeness (QED) is 0.680. The van der Waals surface area contributed by atoms with Crippen LogP contribution in [0.5, 0.6) is 0 Å². The highest BCUT2D eigenvalue weighted by atomic mass is 16.5. The van der Waals surface area contributed by atoms with Crippen molar-refractivity contribution in [3.8, 4) is 0 Å². The summed E-state index contributed by atoms with van der Waals surface area (Å²) >= 11 is 0. The summed E-state index contributed by atoms with van der Waals surface area (Å²) in [4.78, 5) is 11.7. The van der Waals surface area contributed by atoms with E-state index in [1.165, 1.54) is 0 Å². The number of hydrogen-bond acceptors (Lipinski definition) is 9. The van der Waals surface area contributed by atoms with Gasteiger partial charge in [-0.05, 0) is 0 Å². The van der Waals surface area contributed by atoms with Crippen LogP contribution in [0.2, 0.25) is 0 Å². The Kier molecular flexibility index (Phi) is 4.06. The molecule has 26 heavy (non-hydrogen) atoms. The van der Waals surface area contributed by atoms with Gasteiger partial charge < -0.3 is 14.1 Å². The summed E-state index contributed by atoms with van der Waals surface area (Å²) in [5, 5.41) is 16.5. The van der Waals surface area contributed by atoms with Gasteiger partial charge in [0.05, 0.1) is 13.2 Å². The second kappa shape index (κ2) is 6.27. The molecule has 138 valence electrons. The Hall–Kier alpha value is -2.62. The van der Waals surface area contributed by atoms with E-state index in [4.69, 9.17) is 19.1 Å². The van der Waals surface area contributed by atoms with Crippen LogP contribution in [-0.4, -0.2) is 61.5 Å². The van der Waals surface area contributed by atoms with E-state index in [0.717, 1.165) is 24.7 Å². The van der Waals surface area contributed by atoms with E-state index in [0.29, 0.717) is 42.7 Å². The van der Waals surface area contributed by atoms with Gasteiger partial charge in [-0.1, -0.05) is 26.0 Å². The molecule has 3 aromatic rings. The van der Waals surface area contributed by atoms with Gasteiger partial charge in [0.2, 0.25) is 11.8 Å². The minimum absolute atomic E-state index is 0.203. The molecule has 0 aromatic carbocycles. The standard InChI is InChI=1S/C16H22N8O2/c1-10-19-20-11(26-10)9-24-14-12(21-22-24)13(23-5-7-25-8-6-23)17-15(18-14)16(2,3)4/h5-9H2,1-4H3. The topological polar surface area (TPSA) is 108 Å². The lowest BCUT2D eigenvalue weighted by Gasteiger charge is -2.29. The van der Waals surface area contributed by atoms with Crippen molar-refractivity contribution in [3.05, 3.63) is 17.6 Å². The van der Waals surface area contributed by atoms with E-state index >= 15 is 0 Å². The summed E-state index contributed by atoms with van der Waals surface area (Å²) in [7, 11) is 0. The van der Waals surface area contributed by atoms with Gasteiger partial charge >= 0.3 is 0 Å². The molecule has 1 fully saturated rings. The summed E-state index contributed by atoms with van der Waals surface area (Å²) in [5.41, 5.74) is 1.14. The van der Waals surface area contributed by atoms with Crippen LogP contribution in [-0.2, 0) is 16.7 Å². The van der Waals surface area contributed by atoms with Gasteiger partial charge in [-0.25, -0.2) is 14.6 Å². The van der Waals surface area contributed by atoms with Crippen LogP contribution in [0.15, 0.2) is 4.42 Å². The first kappa shape index (κ1) is 16.8. The zero-order valence-corrected chi connectivity index (χ0v) is 15.4. The van der Waals surface area contributed by atoms with Crippen LogP contribution >= 0.6 is 0 Å². The molecule has 4 heterocycles. The maximum Gasteiger partial charge on any atom is 0.238 e. The van der Waals surface area contributed by atoms with Crippen molar-refractivity contribution in [2.75, 3.05) is 31.2 Å². The fourth-order valence-electron chi connectivity index (χ4n) is 2.81. The molecule has 4 rings (SSSR count). The zero-order chi connectivity index (χ0) is 18.3. The third-order valence-corrected chi connectivity index (χ3v) is 4.18. The van der Waals surface area contributed by atoms with Crippen molar-refractivity contribution in [2.24, 2.45) is 0 Å². The average molecular weight is 358 g/mol. The average Bonchev–Trinajstić information content (AvgIpc) is 3.21. The molecular formula is C16H22N8O2. The lowest BCUT2D eigenvalue weighted by atomic mass is 9.96. The third kappa shape index (κ3) is 3.12. The Labute approximate surface area is 150 Å². The molecule has 0 radical (unpaired) electrons. The Morgan fingerprint density at radius 1 is 1.04 bits per heavy atom.